The second-order valence-electron chi connectivity index (χ2n) is 6.28. The van der Waals surface area contributed by atoms with Crippen LogP contribution >= 0.6 is 0 Å². The number of hydrogen-bond donors (Lipinski definition) is 3. The van der Waals surface area contributed by atoms with Gasteiger partial charge in [0.15, 0.2) is 11.5 Å². The molecule has 8 nitrogen and oxygen atoms in total. The number of amides is 3. The van der Waals surface area contributed by atoms with Gasteiger partial charge in [-0.25, -0.2) is 0 Å². The molecule has 0 bridgehead atoms. The van der Waals surface area contributed by atoms with Crippen molar-refractivity contribution in [1.82, 2.24) is 16.2 Å². The number of hydrogen-bond acceptors (Lipinski definition) is 5. The highest BCUT2D eigenvalue weighted by Gasteiger charge is 2.13. The Bertz CT molecular complexity index is 911. The van der Waals surface area contributed by atoms with E-state index in [0.29, 0.717) is 23.7 Å². The summed E-state index contributed by atoms with van der Waals surface area (Å²) >= 11 is 0. The van der Waals surface area contributed by atoms with E-state index in [2.05, 4.69) is 16.2 Å². The molecule has 0 atom stereocenters. The summed E-state index contributed by atoms with van der Waals surface area (Å²) in [6.45, 7) is 5.89. The van der Waals surface area contributed by atoms with Gasteiger partial charge in [-0.05, 0) is 62.2 Å². The zero-order valence-electron chi connectivity index (χ0n) is 16.9. The van der Waals surface area contributed by atoms with Crippen molar-refractivity contribution in [2.24, 2.45) is 0 Å². The molecule has 3 amide bonds. The molecule has 8 heteroatoms. The molecule has 29 heavy (non-hydrogen) atoms. The van der Waals surface area contributed by atoms with Crippen molar-refractivity contribution in [3.63, 3.8) is 0 Å². The third-order valence-electron chi connectivity index (χ3n) is 4.22. The molecule has 2 aromatic rings. The van der Waals surface area contributed by atoms with Crippen LogP contribution in [0.2, 0.25) is 0 Å². The van der Waals surface area contributed by atoms with Gasteiger partial charge in [0.2, 0.25) is 0 Å². The van der Waals surface area contributed by atoms with Crippen molar-refractivity contribution in [2.75, 3.05) is 20.3 Å². The fourth-order valence-electron chi connectivity index (χ4n) is 2.47. The summed E-state index contributed by atoms with van der Waals surface area (Å²) in [5, 5.41) is 2.51. The van der Waals surface area contributed by atoms with Gasteiger partial charge in [-0.15, -0.1) is 0 Å². The first-order valence-corrected chi connectivity index (χ1v) is 9.11. The standard InChI is InChI=1S/C21H25N3O5/c1-5-29-17-9-8-16(11-18(17)28-4)21(27)24-23-19(25)12-22-20(26)15-7-6-13(2)14(3)10-15/h6-11H,5,12H2,1-4H3,(H,22,26)(H,23,25)(H,24,27). The molecule has 0 aliphatic heterocycles. The van der Waals surface area contributed by atoms with E-state index in [0.717, 1.165) is 11.1 Å². The number of ether oxygens (including phenoxy) is 2. The van der Waals surface area contributed by atoms with Gasteiger partial charge in [0.1, 0.15) is 0 Å². The summed E-state index contributed by atoms with van der Waals surface area (Å²) in [6.07, 6.45) is 0. The van der Waals surface area contributed by atoms with Gasteiger partial charge in [0.25, 0.3) is 17.7 Å². The molecular weight excluding hydrogens is 374 g/mol. The highest BCUT2D eigenvalue weighted by Crippen LogP contribution is 2.27. The molecule has 154 valence electrons. The van der Waals surface area contributed by atoms with Crippen LogP contribution in [0.3, 0.4) is 0 Å². The number of nitrogens with one attached hydrogen (secondary N) is 3. The molecule has 3 N–H and O–H groups in total. The van der Waals surface area contributed by atoms with Gasteiger partial charge in [-0.2, -0.15) is 0 Å². The Labute approximate surface area is 169 Å². The molecule has 2 rings (SSSR count). The van der Waals surface area contributed by atoms with E-state index in [9.17, 15) is 14.4 Å². The van der Waals surface area contributed by atoms with Crippen LogP contribution in [0, 0.1) is 13.8 Å². The Morgan fingerprint density at radius 1 is 0.862 bits per heavy atom. The van der Waals surface area contributed by atoms with Crippen molar-refractivity contribution in [3.05, 3.63) is 58.7 Å². The Morgan fingerprint density at radius 3 is 2.21 bits per heavy atom. The summed E-state index contributed by atoms with van der Waals surface area (Å²) in [4.78, 5) is 36.2. The van der Waals surface area contributed by atoms with Crippen molar-refractivity contribution < 1.29 is 23.9 Å². The van der Waals surface area contributed by atoms with E-state index in [1.165, 1.54) is 13.2 Å². The highest BCUT2D eigenvalue weighted by atomic mass is 16.5. The summed E-state index contributed by atoms with van der Waals surface area (Å²) in [7, 11) is 1.47. The van der Waals surface area contributed by atoms with Crippen LogP contribution in [0.5, 0.6) is 11.5 Å². The van der Waals surface area contributed by atoms with E-state index in [1.807, 2.05) is 26.8 Å². The van der Waals surface area contributed by atoms with Crippen LogP contribution in [0.1, 0.15) is 38.8 Å². The maximum absolute atomic E-state index is 12.2. The number of benzene rings is 2. The molecule has 0 aromatic heterocycles. The predicted octanol–water partition coefficient (Wildman–Crippen LogP) is 1.90. The van der Waals surface area contributed by atoms with Crippen molar-refractivity contribution in [1.29, 1.82) is 0 Å². The first-order valence-electron chi connectivity index (χ1n) is 9.11. The van der Waals surface area contributed by atoms with Gasteiger partial charge >= 0.3 is 0 Å². The smallest absolute Gasteiger partial charge is 0.269 e. The summed E-state index contributed by atoms with van der Waals surface area (Å²) in [5.74, 6) is -0.532. The molecule has 0 radical (unpaired) electrons. The van der Waals surface area contributed by atoms with Crippen LogP contribution in [0.25, 0.3) is 0 Å². The third kappa shape index (κ3) is 5.97. The maximum Gasteiger partial charge on any atom is 0.269 e. The number of rotatable bonds is 7. The fraction of sp³-hybridized carbons (Fsp3) is 0.286. The van der Waals surface area contributed by atoms with Crippen LogP contribution < -0.4 is 25.6 Å². The first-order chi connectivity index (χ1) is 13.8. The lowest BCUT2D eigenvalue weighted by Gasteiger charge is -2.12. The van der Waals surface area contributed by atoms with E-state index >= 15 is 0 Å². The van der Waals surface area contributed by atoms with Crippen LogP contribution in [0.15, 0.2) is 36.4 Å². The van der Waals surface area contributed by atoms with E-state index in [1.54, 1.807) is 24.3 Å². The Morgan fingerprint density at radius 2 is 1.55 bits per heavy atom. The minimum Gasteiger partial charge on any atom is -0.493 e. The lowest BCUT2D eigenvalue weighted by atomic mass is 10.1. The third-order valence-corrected chi connectivity index (χ3v) is 4.22. The molecule has 0 heterocycles. The normalized spacial score (nSPS) is 10.1. The lowest BCUT2D eigenvalue weighted by Crippen LogP contribution is -2.46. The molecule has 0 saturated carbocycles. The minimum absolute atomic E-state index is 0.279. The van der Waals surface area contributed by atoms with Gasteiger partial charge in [-0.1, -0.05) is 6.07 Å². The van der Waals surface area contributed by atoms with Crippen LogP contribution in [-0.4, -0.2) is 38.0 Å². The van der Waals surface area contributed by atoms with Crippen molar-refractivity contribution in [2.45, 2.75) is 20.8 Å². The van der Waals surface area contributed by atoms with E-state index in [-0.39, 0.29) is 18.0 Å². The highest BCUT2D eigenvalue weighted by molar-refractivity contribution is 5.98. The quantitative estimate of drug-likeness (QED) is 0.617. The van der Waals surface area contributed by atoms with Gasteiger partial charge in [-0.3, -0.25) is 25.2 Å². The lowest BCUT2D eigenvalue weighted by molar-refractivity contribution is -0.120. The van der Waals surface area contributed by atoms with Crippen LogP contribution in [0.4, 0.5) is 0 Å². The second-order valence-corrected chi connectivity index (χ2v) is 6.28. The number of aryl methyl sites for hydroxylation is 2. The molecule has 0 unspecified atom stereocenters. The van der Waals surface area contributed by atoms with Gasteiger partial charge < -0.3 is 14.8 Å². The molecule has 2 aromatic carbocycles. The molecular formula is C21H25N3O5. The Kier molecular flexibility index (Phi) is 7.59. The topological polar surface area (TPSA) is 106 Å². The average molecular weight is 399 g/mol. The van der Waals surface area contributed by atoms with Crippen molar-refractivity contribution >= 4 is 17.7 Å². The Hall–Kier alpha value is -3.55. The summed E-state index contributed by atoms with van der Waals surface area (Å²) < 4.78 is 10.6. The van der Waals surface area contributed by atoms with Crippen molar-refractivity contribution in [3.8, 4) is 11.5 Å². The number of hydrazine groups is 1. The largest absolute Gasteiger partial charge is 0.493 e. The van der Waals surface area contributed by atoms with E-state index < -0.39 is 11.8 Å². The maximum atomic E-state index is 12.2. The number of carbonyl (C=O) groups excluding carboxylic acids is 3. The zero-order chi connectivity index (χ0) is 21.4. The van der Waals surface area contributed by atoms with Gasteiger partial charge in [0, 0.05) is 11.1 Å². The fourth-order valence-corrected chi connectivity index (χ4v) is 2.47. The van der Waals surface area contributed by atoms with Crippen LogP contribution in [-0.2, 0) is 4.79 Å². The number of methoxy groups -OCH3 is 1. The summed E-state index contributed by atoms with van der Waals surface area (Å²) in [6, 6.07) is 9.96. The molecule has 0 fully saturated rings. The zero-order valence-corrected chi connectivity index (χ0v) is 16.9. The second kappa shape index (κ2) is 10.1. The molecule has 0 aliphatic carbocycles. The minimum atomic E-state index is -0.562. The SMILES string of the molecule is CCOc1ccc(C(=O)NNC(=O)CNC(=O)c2ccc(C)c(C)c2)cc1OC. The molecule has 0 aliphatic rings. The molecule has 0 saturated heterocycles. The monoisotopic (exact) mass is 399 g/mol. The summed E-state index contributed by atoms with van der Waals surface area (Å²) in [5.41, 5.74) is 7.37. The van der Waals surface area contributed by atoms with E-state index in [4.69, 9.17) is 9.47 Å². The first kappa shape index (κ1) is 21.7. The predicted molar refractivity (Wildman–Crippen MR) is 108 cm³/mol. The average Bonchev–Trinajstić information content (AvgIpc) is 2.72. The number of carbonyl (C=O) groups is 3. The molecule has 0 spiro atoms. The Balaban J connectivity index is 1.86. The van der Waals surface area contributed by atoms with Gasteiger partial charge in [0.05, 0.1) is 20.3 Å².